The normalized spacial score (nSPS) is 14.9. The molecule has 1 aliphatic rings. The minimum atomic E-state index is -0.827. The number of carbonyl (C=O) groups excluding carboxylic acids is 4. The van der Waals surface area contributed by atoms with Crippen molar-refractivity contribution in [2.24, 2.45) is 0 Å². The van der Waals surface area contributed by atoms with Crippen LogP contribution in [0.2, 0.25) is 0 Å². The van der Waals surface area contributed by atoms with E-state index < -0.39 is 23.8 Å². The highest BCUT2D eigenvalue weighted by atomic mass is 79.9. The largest absolute Gasteiger partial charge is 0.493 e. The molecular weight excluding hydrogens is 524 g/mol. The van der Waals surface area contributed by atoms with E-state index in [2.05, 4.69) is 21.2 Å². The molecule has 1 fully saturated rings. The summed E-state index contributed by atoms with van der Waals surface area (Å²) in [5, 5.41) is 3.95. The average molecular weight is 541 g/mol. The van der Waals surface area contributed by atoms with Crippen LogP contribution in [0.4, 0.5) is 10.5 Å². The van der Waals surface area contributed by atoms with Crippen LogP contribution in [0.25, 0.3) is 6.08 Å². The minimum Gasteiger partial charge on any atom is -0.493 e. The van der Waals surface area contributed by atoms with Crippen LogP contribution in [0.5, 0.6) is 11.5 Å². The van der Waals surface area contributed by atoms with E-state index in [1.54, 1.807) is 41.8 Å². The third-order valence-electron chi connectivity index (χ3n) is 4.84. The van der Waals surface area contributed by atoms with Crippen molar-refractivity contribution >= 4 is 62.8 Å². The second kappa shape index (κ2) is 9.62. The smallest absolute Gasteiger partial charge is 0.353 e. The van der Waals surface area contributed by atoms with E-state index in [9.17, 15) is 19.2 Å². The van der Waals surface area contributed by atoms with Crippen LogP contribution in [0.3, 0.4) is 0 Å². The van der Waals surface area contributed by atoms with Gasteiger partial charge in [-0.15, -0.1) is 11.3 Å². The number of carbonyl (C=O) groups is 4. The van der Waals surface area contributed by atoms with Gasteiger partial charge in [0.1, 0.15) is 10.5 Å². The van der Waals surface area contributed by atoms with Crippen molar-refractivity contribution in [2.45, 2.75) is 6.92 Å². The maximum absolute atomic E-state index is 13.1. The minimum absolute atomic E-state index is 0.152. The first kappa shape index (κ1) is 23.4. The molecule has 8 nitrogen and oxygen atoms in total. The molecule has 4 rings (SSSR count). The fourth-order valence-corrected chi connectivity index (χ4v) is 4.42. The van der Waals surface area contributed by atoms with Crippen LogP contribution >= 0.6 is 27.3 Å². The number of nitrogens with one attached hydrogen (secondary N) is 1. The Bertz CT molecular complexity index is 1350. The van der Waals surface area contributed by atoms with Gasteiger partial charge in [0.2, 0.25) is 0 Å². The molecule has 1 aromatic heterocycles. The summed E-state index contributed by atoms with van der Waals surface area (Å²) >= 11 is 4.60. The molecule has 0 radical (unpaired) electrons. The van der Waals surface area contributed by atoms with Crippen LogP contribution < -0.4 is 19.7 Å². The summed E-state index contributed by atoms with van der Waals surface area (Å²) in [6.07, 6.45) is 1.34. The van der Waals surface area contributed by atoms with E-state index in [0.29, 0.717) is 20.6 Å². The van der Waals surface area contributed by atoms with Crippen LogP contribution in [-0.2, 0) is 9.59 Å². The second-order valence-electron chi connectivity index (χ2n) is 7.20. The fraction of sp³-hybridized carbons (Fsp3) is 0.0833. The number of halogens is 1. The predicted molar refractivity (Wildman–Crippen MR) is 130 cm³/mol. The van der Waals surface area contributed by atoms with Gasteiger partial charge in [-0.2, -0.15) is 0 Å². The predicted octanol–water partition coefficient (Wildman–Crippen LogP) is 4.71. The monoisotopic (exact) mass is 540 g/mol. The molecule has 0 saturated carbocycles. The Balaban J connectivity index is 1.69. The lowest BCUT2D eigenvalue weighted by atomic mass is 10.1. The SMILES string of the molecule is COc1cc(/C=C2\C(=O)NC(=O)N(c3cccc(C)c3)C2=O)cc(Br)c1OC(=O)c1cccs1. The molecule has 0 atom stereocenters. The van der Waals surface area contributed by atoms with E-state index in [4.69, 9.17) is 9.47 Å². The first-order valence-corrected chi connectivity index (χ1v) is 11.6. The molecule has 0 aliphatic carbocycles. The molecular formula is C24H17BrN2O6S. The van der Waals surface area contributed by atoms with Gasteiger partial charge in [-0.3, -0.25) is 14.9 Å². The van der Waals surface area contributed by atoms with Crippen LogP contribution in [0.1, 0.15) is 20.8 Å². The van der Waals surface area contributed by atoms with Crippen molar-refractivity contribution in [3.8, 4) is 11.5 Å². The van der Waals surface area contributed by atoms with E-state index in [1.165, 1.54) is 30.6 Å². The number of esters is 1. The van der Waals surface area contributed by atoms with Crippen molar-refractivity contribution in [1.82, 2.24) is 5.32 Å². The molecule has 1 aliphatic heterocycles. The molecule has 3 aromatic rings. The van der Waals surface area contributed by atoms with Gasteiger partial charge in [-0.1, -0.05) is 18.2 Å². The number of hydrogen-bond donors (Lipinski definition) is 1. The number of thiophene rings is 1. The Morgan fingerprint density at radius 2 is 1.91 bits per heavy atom. The first-order chi connectivity index (χ1) is 16.3. The zero-order valence-corrected chi connectivity index (χ0v) is 20.4. The quantitative estimate of drug-likeness (QED) is 0.217. The van der Waals surface area contributed by atoms with Gasteiger partial charge in [0.05, 0.1) is 17.3 Å². The number of benzene rings is 2. The summed E-state index contributed by atoms with van der Waals surface area (Å²) in [4.78, 5) is 51.7. The molecule has 34 heavy (non-hydrogen) atoms. The van der Waals surface area contributed by atoms with Gasteiger partial charge < -0.3 is 9.47 Å². The van der Waals surface area contributed by atoms with E-state index >= 15 is 0 Å². The molecule has 2 aromatic carbocycles. The topological polar surface area (TPSA) is 102 Å². The average Bonchev–Trinajstić information content (AvgIpc) is 3.33. The number of anilines is 1. The maximum atomic E-state index is 13.1. The lowest BCUT2D eigenvalue weighted by Crippen LogP contribution is -2.54. The summed E-state index contributed by atoms with van der Waals surface area (Å²) in [5.74, 6) is -1.76. The molecule has 2 heterocycles. The molecule has 0 bridgehead atoms. The van der Waals surface area contributed by atoms with E-state index in [0.717, 1.165) is 10.5 Å². The number of methoxy groups -OCH3 is 1. The van der Waals surface area contributed by atoms with Crippen LogP contribution in [0.15, 0.2) is 64.0 Å². The van der Waals surface area contributed by atoms with Crippen molar-refractivity contribution in [3.05, 3.63) is 80.0 Å². The standard InChI is InChI=1S/C24H17BrN2O6S/c1-13-5-3-6-15(9-13)27-22(29)16(21(28)26-24(27)31)10-14-11-17(25)20(18(12-14)32-2)33-23(30)19-7-4-8-34-19/h3-12H,1-2H3,(H,26,28,31)/b16-10+. The Hall–Kier alpha value is -3.76. The number of rotatable bonds is 5. The second-order valence-corrected chi connectivity index (χ2v) is 9.00. The third kappa shape index (κ3) is 4.63. The number of nitrogens with zero attached hydrogens (tertiary/aromatic N) is 1. The van der Waals surface area contributed by atoms with Gasteiger partial charge in [-0.25, -0.2) is 14.5 Å². The highest BCUT2D eigenvalue weighted by Gasteiger charge is 2.37. The summed E-state index contributed by atoms with van der Waals surface area (Å²) in [7, 11) is 1.40. The summed E-state index contributed by atoms with van der Waals surface area (Å²) in [6, 6.07) is 12.4. The molecule has 1 N–H and O–H groups in total. The van der Waals surface area contributed by atoms with Crippen LogP contribution in [-0.4, -0.2) is 30.9 Å². The lowest BCUT2D eigenvalue weighted by molar-refractivity contribution is -0.122. The fourth-order valence-electron chi connectivity index (χ4n) is 3.29. The number of ether oxygens (including phenoxy) is 2. The third-order valence-corrected chi connectivity index (χ3v) is 6.28. The van der Waals surface area contributed by atoms with Gasteiger partial charge in [0.15, 0.2) is 11.5 Å². The summed E-state index contributed by atoms with van der Waals surface area (Å²) < 4.78 is 11.2. The van der Waals surface area contributed by atoms with E-state index in [-0.39, 0.29) is 17.1 Å². The van der Waals surface area contributed by atoms with Gasteiger partial charge in [0, 0.05) is 0 Å². The molecule has 4 amide bonds. The lowest BCUT2D eigenvalue weighted by Gasteiger charge is -2.26. The van der Waals surface area contributed by atoms with Crippen LogP contribution in [0, 0.1) is 6.92 Å². The number of urea groups is 1. The Kier molecular flexibility index (Phi) is 6.62. The Morgan fingerprint density at radius 1 is 1.12 bits per heavy atom. The molecule has 10 heteroatoms. The van der Waals surface area contributed by atoms with Gasteiger partial charge in [0.25, 0.3) is 11.8 Å². The van der Waals surface area contributed by atoms with Crippen molar-refractivity contribution in [1.29, 1.82) is 0 Å². The van der Waals surface area contributed by atoms with E-state index in [1.807, 2.05) is 13.0 Å². The maximum Gasteiger partial charge on any atom is 0.353 e. The number of aryl methyl sites for hydroxylation is 1. The summed E-state index contributed by atoms with van der Waals surface area (Å²) in [5.41, 5.74) is 1.37. The number of hydrogen-bond acceptors (Lipinski definition) is 7. The highest BCUT2D eigenvalue weighted by molar-refractivity contribution is 9.10. The summed E-state index contributed by atoms with van der Waals surface area (Å²) in [6.45, 7) is 1.83. The van der Waals surface area contributed by atoms with Gasteiger partial charge >= 0.3 is 12.0 Å². The van der Waals surface area contributed by atoms with Gasteiger partial charge in [-0.05, 0) is 75.8 Å². The van der Waals surface area contributed by atoms with Crippen molar-refractivity contribution < 1.29 is 28.7 Å². The molecule has 1 saturated heterocycles. The number of barbiturate groups is 1. The zero-order chi connectivity index (χ0) is 24.4. The number of imide groups is 2. The van der Waals surface area contributed by atoms with Crippen molar-refractivity contribution in [3.63, 3.8) is 0 Å². The molecule has 0 unspecified atom stereocenters. The number of amides is 4. The molecule has 172 valence electrons. The first-order valence-electron chi connectivity index (χ1n) is 9.90. The molecule has 0 spiro atoms. The van der Waals surface area contributed by atoms with Crippen molar-refractivity contribution in [2.75, 3.05) is 12.0 Å². The highest BCUT2D eigenvalue weighted by Crippen LogP contribution is 2.38. The Morgan fingerprint density at radius 3 is 2.59 bits per heavy atom. The Labute approximate surface area is 206 Å². The zero-order valence-electron chi connectivity index (χ0n) is 18.0.